The molecule has 0 spiro atoms. The van der Waals surface area contributed by atoms with Crippen LogP contribution in [0.4, 0.5) is 0 Å². The lowest BCUT2D eigenvalue weighted by Crippen LogP contribution is -2.32. The van der Waals surface area contributed by atoms with E-state index in [0.29, 0.717) is 10.8 Å². The van der Waals surface area contributed by atoms with E-state index in [9.17, 15) is 0 Å². The Labute approximate surface area is 91.9 Å². The van der Waals surface area contributed by atoms with E-state index >= 15 is 0 Å². The first-order valence-corrected chi connectivity index (χ1v) is 5.95. The summed E-state index contributed by atoms with van der Waals surface area (Å²) >= 11 is 0. The van der Waals surface area contributed by atoms with Gasteiger partial charge in [0.1, 0.15) is 0 Å². The molecule has 2 atom stereocenters. The van der Waals surface area contributed by atoms with E-state index in [1.807, 2.05) is 0 Å². The number of aromatic nitrogens is 1. The van der Waals surface area contributed by atoms with Gasteiger partial charge in [0.2, 0.25) is 0 Å². The third kappa shape index (κ3) is 0.878. The number of pyridine rings is 1. The summed E-state index contributed by atoms with van der Waals surface area (Å²) in [7, 11) is 0. The van der Waals surface area contributed by atoms with Gasteiger partial charge in [0.05, 0.1) is 5.69 Å². The highest BCUT2D eigenvalue weighted by atomic mass is 14.8. The van der Waals surface area contributed by atoms with Crippen molar-refractivity contribution in [3.8, 4) is 0 Å². The Balaban J connectivity index is 2.29. The molecule has 2 aliphatic carbocycles. The maximum absolute atomic E-state index is 4.80. The van der Waals surface area contributed by atoms with Crippen LogP contribution in [0.3, 0.4) is 0 Å². The second-order valence-corrected chi connectivity index (χ2v) is 6.04. The zero-order valence-corrected chi connectivity index (χ0v) is 10.1. The Morgan fingerprint density at radius 2 is 2.00 bits per heavy atom. The van der Waals surface area contributed by atoms with Crippen LogP contribution < -0.4 is 0 Å². The van der Waals surface area contributed by atoms with Gasteiger partial charge in [-0.25, -0.2) is 0 Å². The van der Waals surface area contributed by atoms with Crippen LogP contribution in [0.25, 0.3) is 0 Å². The van der Waals surface area contributed by atoms with Crippen molar-refractivity contribution >= 4 is 0 Å². The molecule has 1 heteroatoms. The molecule has 0 radical (unpaired) electrons. The van der Waals surface area contributed by atoms with Crippen molar-refractivity contribution in [2.75, 3.05) is 0 Å². The second kappa shape index (κ2) is 2.45. The Morgan fingerprint density at radius 1 is 1.27 bits per heavy atom. The standard InChI is InChI=1S/C14H19N/c1-9-5-6-10-11-7-8-14(4,12(10)15-9)13(11,2)3/h5-6,11H,7-8H2,1-4H3/t11-,14+/m1/s1. The molecule has 1 heterocycles. The Kier molecular flexibility index (Phi) is 1.53. The highest BCUT2D eigenvalue weighted by Crippen LogP contribution is 2.66. The van der Waals surface area contributed by atoms with Crippen LogP contribution >= 0.6 is 0 Å². The zero-order chi connectivity index (χ0) is 10.8. The van der Waals surface area contributed by atoms with E-state index < -0.39 is 0 Å². The van der Waals surface area contributed by atoms with Gasteiger partial charge in [0.25, 0.3) is 0 Å². The third-order valence-electron chi connectivity index (χ3n) is 5.19. The minimum absolute atomic E-state index is 0.318. The summed E-state index contributed by atoms with van der Waals surface area (Å²) in [5, 5.41) is 0. The maximum Gasteiger partial charge on any atom is 0.0506 e. The van der Waals surface area contributed by atoms with Gasteiger partial charge in [-0.2, -0.15) is 0 Å². The van der Waals surface area contributed by atoms with Crippen molar-refractivity contribution in [1.82, 2.24) is 4.98 Å². The van der Waals surface area contributed by atoms with Gasteiger partial charge in [-0.1, -0.05) is 26.8 Å². The van der Waals surface area contributed by atoms with E-state index in [4.69, 9.17) is 4.98 Å². The van der Waals surface area contributed by atoms with Crippen molar-refractivity contribution in [1.29, 1.82) is 0 Å². The Bertz CT molecular complexity index is 433. The summed E-state index contributed by atoms with van der Waals surface area (Å²) in [6, 6.07) is 4.48. The number of nitrogens with zero attached hydrogens (tertiary/aromatic N) is 1. The van der Waals surface area contributed by atoms with Gasteiger partial charge in [0, 0.05) is 11.1 Å². The van der Waals surface area contributed by atoms with E-state index in [1.54, 1.807) is 0 Å². The van der Waals surface area contributed by atoms with Gasteiger partial charge in [-0.15, -0.1) is 0 Å². The molecule has 1 aromatic heterocycles. The van der Waals surface area contributed by atoms with Crippen LogP contribution in [0.2, 0.25) is 0 Å². The molecule has 2 aliphatic rings. The fraction of sp³-hybridized carbons (Fsp3) is 0.643. The predicted octanol–water partition coefficient (Wildman–Crippen LogP) is 3.56. The lowest BCUT2D eigenvalue weighted by Gasteiger charge is -2.34. The summed E-state index contributed by atoms with van der Waals surface area (Å²) < 4.78 is 0. The van der Waals surface area contributed by atoms with E-state index in [-0.39, 0.29) is 0 Å². The fourth-order valence-corrected chi connectivity index (χ4v) is 3.76. The Morgan fingerprint density at radius 3 is 2.73 bits per heavy atom. The number of rotatable bonds is 0. The summed E-state index contributed by atoms with van der Waals surface area (Å²) in [5.41, 5.74) is 4.80. The molecule has 1 fully saturated rings. The number of hydrogen-bond acceptors (Lipinski definition) is 1. The number of aryl methyl sites for hydroxylation is 1. The topological polar surface area (TPSA) is 12.9 Å². The molecule has 0 aliphatic heterocycles. The molecule has 0 saturated heterocycles. The first-order chi connectivity index (χ1) is 6.97. The van der Waals surface area contributed by atoms with Crippen LogP contribution in [0, 0.1) is 12.3 Å². The molecular weight excluding hydrogens is 182 g/mol. The number of fused-ring (bicyclic) bond motifs is 5. The minimum atomic E-state index is 0.318. The summed E-state index contributed by atoms with van der Waals surface area (Å²) in [4.78, 5) is 4.80. The van der Waals surface area contributed by atoms with Crippen molar-refractivity contribution in [2.24, 2.45) is 5.41 Å². The van der Waals surface area contributed by atoms with E-state index in [0.717, 1.165) is 5.92 Å². The normalized spacial score (nSPS) is 35.6. The minimum Gasteiger partial charge on any atom is -0.257 e. The Hall–Kier alpha value is -0.850. The van der Waals surface area contributed by atoms with Crippen LogP contribution in [0.5, 0.6) is 0 Å². The summed E-state index contributed by atoms with van der Waals surface area (Å²) in [6.45, 7) is 9.34. The average molecular weight is 201 g/mol. The van der Waals surface area contributed by atoms with Gasteiger partial charge in [-0.3, -0.25) is 4.98 Å². The molecule has 0 N–H and O–H groups in total. The molecule has 80 valence electrons. The van der Waals surface area contributed by atoms with Crippen molar-refractivity contribution in [2.45, 2.75) is 51.9 Å². The molecule has 2 bridgehead atoms. The van der Waals surface area contributed by atoms with Crippen molar-refractivity contribution in [3.63, 3.8) is 0 Å². The molecule has 1 saturated carbocycles. The first-order valence-electron chi connectivity index (χ1n) is 5.95. The van der Waals surface area contributed by atoms with Crippen LogP contribution in [0.15, 0.2) is 12.1 Å². The number of hydrogen-bond donors (Lipinski definition) is 0. The SMILES string of the molecule is Cc1ccc2c(n1)[C@]1(C)CC[C@H]2C1(C)C. The molecule has 3 rings (SSSR count). The van der Waals surface area contributed by atoms with Crippen LogP contribution in [-0.4, -0.2) is 4.98 Å². The molecule has 0 aromatic carbocycles. The molecular formula is C14H19N. The monoisotopic (exact) mass is 201 g/mol. The fourth-order valence-electron chi connectivity index (χ4n) is 3.76. The van der Waals surface area contributed by atoms with Gasteiger partial charge in [0.15, 0.2) is 0 Å². The lowest BCUT2D eigenvalue weighted by atomic mass is 9.70. The van der Waals surface area contributed by atoms with Gasteiger partial charge < -0.3 is 0 Å². The highest BCUT2D eigenvalue weighted by molar-refractivity contribution is 5.45. The lowest BCUT2D eigenvalue weighted by molar-refractivity contribution is 0.227. The van der Waals surface area contributed by atoms with Gasteiger partial charge >= 0.3 is 0 Å². The predicted molar refractivity (Wildman–Crippen MR) is 62.1 cm³/mol. The van der Waals surface area contributed by atoms with Gasteiger partial charge in [-0.05, 0) is 42.7 Å². The van der Waals surface area contributed by atoms with Crippen LogP contribution in [-0.2, 0) is 5.41 Å². The zero-order valence-electron chi connectivity index (χ0n) is 10.1. The van der Waals surface area contributed by atoms with Crippen molar-refractivity contribution in [3.05, 3.63) is 29.1 Å². The molecule has 0 amide bonds. The highest BCUT2D eigenvalue weighted by Gasteiger charge is 2.60. The molecule has 15 heavy (non-hydrogen) atoms. The van der Waals surface area contributed by atoms with Crippen molar-refractivity contribution < 1.29 is 0 Å². The largest absolute Gasteiger partial charge is 0.257 e. The summed E-state index contributed by atoms with van der Waals surface area (Å²) in [6.07, 6.45) is 2.66. The molecule has 0 unspecified atom stereocenters. The quantitative estimate of drug-likeness (QED) is 0.625. The second-order valence-electron chi connectivity index (χ2n) is 6.04. The molecule has 1 aromatic rings. The van der Waals surface area contributed by atoms with Crippen LogP contribution in [0.1, 0.15) is 56.5 Å². The summed E-state index contributed by atoms with van der Waals surface area (Å²) in [5.74, 6) is 0.741. The van der Waals surface area contributed by atoms with E-state index in [1.165, 1.54) is 29.8 Å². The smallest absolute Gasteiger partial charge is 0.0506 e. The molecule has 1 nitrogen and oxygen atoms in total. The van der Waals surface area contributed by atoms with E-state index in [2.05, 4.69) is 39.8 Å². The third-order valence-corrected chi connectivity index (χ3v) is 5.19. The average Bonchev–Trinajstić information content (AvgIpc) is 2.48. The first kappa shape index (κ1) is 9.38. The maximum atomic E-state index is 4.80.